The van der Waals surface area contributed by atoms with Gasteiger partial charge < -0.3 is 15.2 Å². The van der Waals surface area contributed by atoms with Crippen molar-refractivity contribution in [3.8, 4) is 11.5 Å². The number of rotatable bonds is 5. The summed E-state index contributed by atoms with van der Waals surface area (Å²) in [5, 5.41) is 0. The first kappa shape index (κ1) is 11.7. The number of amides is 1. The first-order valence-electron chi connectivity index (χ1n) is 5.69. The molecule has 0 bridgehead atoms. The highest BCUT2D eigenvalue weighted by Crippen LogP contribution is 2.36. The molecule has 2 N–H and O–H groups in total. The molecule has 0 aliphatic heterocycles. The van der Waals surface area contributed by atoms with Crippen molar-refractivity contribution < 1.29 is 14.3 Å². The van der Waals surface area contributed by atoms with Gasteiger partial charge in [-0.3, -0.25) is 9.78 Å². The summed E-state index contributed by atoms with van der Waals surface area (Å²) in [5.74, 6) is 0.342. The van der Waals surface area contributed by atoms with E-state index in [1.54, 1.807) is 6.20 Å². The second kappa shape index (κ2) is 4.61. The standard InChI is InChI=1S/C12H16N2O3/c1-7(2)16-10-6-14-5-9(12(13)15)11(10)17-8-3-4-8/h5-8H,3-4H2,1-2H3,(H2,13,15). The van der Waals surface area contributed by atoms with Gasteiger partial charge in [-0.2, -0.15) is 0 Å². The number of hydrogen-bond donors (Lipinski definition) is 1. The molecule has 0 radical (unpaired) electrons. The van der Waals surface area contributed by atoms with Crippen molar-refractivity contribution in [2.24, 2.45) is 5.73 Å². The molecule has 1 saturated carbocycles. The van der Waals surface area contributed by atoms with Crippen LogP contribution in [0.5, 0.6) is 11.5 Å². The normalized spacial score (nSPS) is 14.8. The van der Waals surface area contributed by atoms with Gasteiger partial charge in [0.05, 0.1) is 18.4 Å². The van der Waals surface area contributed by atoms with Crippen molar-refractivity contribution >= 4 is 5.91 Å². The number of carbonyl (C=O) groups is 1. The van der Waals surface area contributed by atoms with Crippen LogP contribution >= 0.6 is 0 Å². The van der Waals surface area contributed by atoms with Crippen LogP contribution in [0, 0.1) is 0 Å². The Hall–Kier alpha value is -1.78. The van der Waals surface area contributed by atoms with E-state index in [-0.39, 0.29) is 17.8 Å². The van der Waals surface area contributed by atoms with E-state index in [1.165, 1.54) is 6.20 Å². The van der Waals surface area contributed by atoms with Crippen LogP contribution in [-0.2, 0) is 0 Å². The molecule has 0 saturated heterocycles. The molecule has 1 fully saturated rings. The van der Waals surface area contributed by atoms with Gasteiger partial charge in [0.15, 0.2) is 11.5 Å². The molecule has 2 rings (SSSR count). The topological polar surface area (TPSA) is 74.4 Å². The maximum Gasteiger partial charge on any atom is 0.254 e. The zero-order valence-electron chi connectivity index (χ0n) is 9.97. The Morgan fingerprint density at radius 3 is 2.71 bits per heavy atom. The second-order valence-electron chi connectivity index (χ2n) is 4.36. The van der Waals surface area contributed by atoms with Gasteiger partial charge in [-0.1, -0.05) is 0 Å². The van der Waals surface area contributed by atoms with Crippen LogP contribution < -0.4 is 15.2 Å². The molecule has 1 heterocycles. The van der Waals surface area contributed by atoms with Gasteiger partial charge in [-0.05, 0) is 26.7 Å². The molecule has 1 aromatic heterocycles. The van der Waals surface area contributed by atoms with Gasteiger partial charge in [0.25, 0.3) is 5.91 Å². The summed E-state index contributed by atoms with van der Waals surface area (Å²) in [5.41, 5.74) is 5.57. The molecule has 0 unspecified atom stereocenters. The Morgan fingerprint density at radius 2 is 2.18 bits per heavy atom. The fraction of sp³-hybridized carbons (Fsp3) is 0.500. The molecule has 1 aliphatic carbocycles. The quantitative estimate of drug-likeness (QED) is 0.840. The summed E-state index contributed by atoms with van der Waals surface area (Å²) in [6.07, 6.45) is 5.12. The molecular weight excluding hydrogens is 220 g/mol. The number of aromatic nitrogens is 1. The number of primary amides is 1. The predicted molar refractivity (Wildman–Crippen MR) is 62.2 cm³/mol. The molecule has 1 aliphatic rings. The Labute approximate surface area is 99.9 Å². The number of ether oxygens (including phenoxy) is 2. The van der Waals surface area contributed by atoms with Crippen LogP contribution in [0.4, 0.5) is 0 Å². The third-order valence-corrected chi connectivity index (χ3v) is 2.30. The third kappa shape index (κ3) is 2.87. The molecule has 1 aromatic rings. The van der Waals surface area contributed by atoms with E-state index < -0.39 is 5.91 Å². The number of nitrogens with zero attached hydrogens (tertiary/aromatic N) is 1. The largest absolute Gasteiger partial charge is 0.486 e. The highest BCUT2D eigenvalue weighted by molar-refractivity contribution is 5.96. The molecule has 5 nitrogen and oxygen atoms in total. The summed E-state index contributed by atoms with van der Waals surface area (Å²) >= 11 is 0. The monoisotopic (exact) mass is 236 g/mol. The first-order valence-corrected chi connectivity index (χ1v) is 5.69. The Morgan fingerprint density at radius 1 is 1.47 bits per heavy atom. The SMILES string of the molecule is CC(C)Oc1cncc(C(N)=O)c1OC1CC1. The minimum atomic E-state index is -0.553. The van der Waals surface area contributed by atoms with Gasteiger partial charge in [-0.25, -0.2) is 0 Å². The minimum absolute atomic E-state index is 0.0125. The van der Waals surface area contributed by atoms with Gasteiger partial charge >= 0.3 is 0 Å². The molecule has 0 atom stereocenters. The molecule has 1 amide bonds. The lowest BCUT2D eigenvalue weighted by atomic mass is 10.2. The maximum absolute atomic E-state index is 11.3. The molecule has 5 heteroatoms. The molecular formula is C12H16N2O3. The van der Waals surface area contributed by atoms with Gasteiger partial charge in [0.1, 0.15) is 5.56 Å². The van der Waals surface area contributed by atoms with Crippen molar-refractivity contribution in [2.75, 3.05) is 0 Å². The smallest absolute Gasteiger partial charge is 0.254 e. The van der Waals surface area contributed by atoms with Crippen LogP contribution in [0.15, 0.2) is 12.4 Å². The van der Waals surface area contributed by atoms with Crippen molar-refractivity contribution in [1.82, 2.24) is 4.98 Å². The van der Waals surface area contributed by atoms with E-state index in [9.17, 15) is 4.79 Å². The van der Waals surface area contributed by atoms with Crippen molar-refractivity contribution in [2.45, 2.75) is 38.9 Å². The summed E-state index contributed by atoms with van der Waals surface area (Å²) in [6, 6.07) is 0. The highest BCUT2D eigenvalue weighted by atomic mass is 16.5. The zero-order chi connectivity index (χ0) is 12.4. The lowest BCUT2D eigenvalue weighted by molar-refractivity contribution is 0.0993. The lowest BCUT2D eigenvalue weighted by Gasteiger charge is -2.16. The van der Waals surface area contributed by atoms with E-state index in [4.69, 9.17) is 15.2 Å². The number of nitrogens with two attached hydrogens (primary N) is 1. The lowest BCUT2D eigenvalue weighted by Crippen LogP contribution is -2.16. The second-order valence-corrected chi connectivity index (χ2v) is 4.36. The summed E-state index contributed by atoms with van der Waals surface area (Å²) in [7, 11) is 0. The fourth-order valence-electron chi connectivity index (χ4n) is 1.42. The Kier molecular flexibility index (Phi) is 3.17. The van der Waals surface area contributed by atoms with Gasteiger partial charge in [0, 0.05) is 6.20 Å². The van der Waals surface area contributed by atoms with Crippen molar-refractivity contribution in [3.05, 3.63) is 18.0 Å². The summed E-state index contributed by atoms with van der Waals surface area (Å²) < 4.78 is 11.3. The Balaban J connectivity index is 2.34. The van der Waals surface area contributed by atoms with E-state index in [0.29, 0.717) is 11.5 Å². The zero-order valence-corrected chi connectivity index (χ0v) is 9.97. The van der Waals surface area contributed by atoms with E-state index in [2.05, 4.69) is 4.98 Å². The minimum Gasteiger partial charge on any atom is -0.486 e. The molecule has 17 heavy (non-hydrogen) atoms. The predicted octanol–water partition coefficient (Wildman–Crippen LogP) is 1.51. The van der Waals surface area contributed by atoms with Crippen LogP contribution in [0.25, 0.3) is 0 Å². The van der Waals surface area contributed by atoms with E-state index in [0.717, 1.165) is 12.8 Å². The summed E-state index contributed by atoms with van der Waals surface area (Å²) in [6.45, 7) is 3.80. The molecule has 0 aromatic carbocycles. The van der Waals surface area contributed by atoms with Crippen LogP contribution in [0.1, 0.15) is 37.0 Å². The van der Waals surface area contributed by atoms with Crippen molar-refractivity contribution in [1.29, 1.82) is 0 Å². The third-order valence-electron chi connectivity index (χ3n) is 2.30. The van der Waals surface area contributed by atoms with Crippen molar-refractivity contribution in [3.63, 3.8) is 0 Å². The average molecular weight is 236 g/mol. The number of pyridine rings is 1. The van der Waals surface area contributed by atoms with Crippen LogP contribution in [0.3, 0.4) is 0 Å². The molecule has 0 spiro atoms. The number of carbonyl (C=O) groups excluding carboxylic acids is 1. The highest BCUT2D eigenvalue weighted by Gasteiger charge is 2.28. The van der Waals surface area contributed by atoms with E-state index >= 15 is 0 Å². The van der Waals surface area contributed by atoms with Crippen LogP contribution in [-0.4, -0.2) is 23.1 Å². The van der Waals surface area contributed by atoms with E-state index in [1.807, 2.05) is 13.8 Å². The Bertz CT molecular complexity index is 428. The first-order chi connectivity index (χ1) is 8.08. The maximum atomic E-state index is 11.3. The number of hydrogen-bond acceptors (Lipinski definition) is 4. The van der Waals surface area contributed by atoms with Gasteiger partial charge in [0.2, 0.25) is 0 Å². The summed E-state index contributed by atoms with van der Waals surface area (Å²) in [4.78, 5) is 15.2. The molecule has 92 valence electrons. The fourth-order valence-corrected chi connectivity index (χ4v) is 1.42. The van der Waals surface area contributed by atoms with Crippen LogP contribution in [0.2, 0.25) is 0 Å². The van der Waals surface area contributed by atoms with Gasteiger partial charge in [-0.15, -0.1) is 0 Å². The average Bonchev–Trinajstić information content (AvgIpc) is 3.03.